The Morgan fingerprint density at radius 3 is 2.50 bits per heavy atom. The van der Waals surface area contributed by atoms with Crippen molar-refractivity contribution in [3.63, 3.8) is 0 Å². The second-order valence-corrected chi connectivity index (χ2v) is 7.14. The van der Waals surface area contributed by atoms with Crippen LogP contribution in [0, 0.1) is 6.92 Å². The highest BCUT2D eigenvalue weighted by Gasteiger charge is 2.19. The highest BCUT2D eigenvalue weighted by Crippen LogP contribution is 2.24. The molecule has 1 aliphatic rings. The number of carbonyl (C=O) groups is 1. The summed E-state index contributed by atoms with van der Waals surface area (Å²) >= 11 is 0. The molecule has 0 radical (unpaired) electrons. The second kappa shape index (κ2) is 7.83. The van der Waals surface area contributed by atoms with E-state index in [4.69, 9.17) is 0 Å². The number of nitrogens with zero attached hydrogens (tertiary/aromatic N) is 4. The molecule has 1 aromatic carbocycles. The SMILES string of the molecule is Cc1nc(C(=O)Nc2ccccc2C(C)C)cc(N2CCN(C)CC2)n1. The summed E-state index contributed by atoms with van der Waals surface area (Å²) in [5.41, 5.74) is 2.36. The van der Waals surface area contributed by atoms with E-state index in [1.165, 1.54) is 0 Å². The maximum absolute atomic E-state index is 12.8. The predicted octanol–water partition coefficient (Wildman–Crippen LogP) is 2.91. The van der Waals surface area contributed by atoms with Gasteiger partial charge in [-0.3, -0.25) is 4.79 Å². The van der Waals surface area contributed by atoms with Crippen molar-refractivity contribution >= 4 is 17.4 Å². The van der Waals surface area contributed by atoms with Gasteiger partial charge in [-0.15, -0.1) is 0 Å². The molecule has 0 saturated carbocycles. The number of carbonyl (C=O) groups excluding carboxylic acids is 1. The van der Waals surface area contributed by atoms with E-state index in [1.807, 2.05) is 31.2 Å². The molecule has 26 heavy (non-hydrogen) atoms. The van der Waals surface area contributed by atoms with Crippen LogP contribution < -0.4 is 10.2 Å². The molecular formula is C20H27N5O. The van der Waals surface area contributed by atoms with E-state index in [9.17, 15) is 4.79 Å². The monoisotopic (exact) mass is 353 g/mol. The van der Waals surface area contributed by atoms with Crippen molar-refractivity contribution in [1.82, 2.24) is 14.9 Å². The lowest BCUT2D eigenvalue weighted by atomic mass is 10.0. The first-order chi connectivity index (χ1) is 12.4. The van der Waals surface area contributed by atoms with E-state index in [0.29, 0.717) is 17.4 Å². The van der Waals surface area contributed by atoms with Crippen molar-refractivity contribution in [1.29, 1.82) is 0 Å². The van der Waals surface area contributed by atoms with Crippen LogP contribution in [0.25, 0.3) is 0 Å². The Balaban J connectivity index is 1.82. The largest absolute Gasteiger partial charge is 0.354 e. The van der Waals surface area contributed by atoms with E-state index in [2.05, 4.69) is 46.0 Å². The molecule has 138 valence electrons. The van der Waals surface area contributed by atoms with Crippen LogP contribution in [0.2, 0.25) is 0 Å². The average molecular weight is 353 g/mol. The molecular weight excluding hydrogens is 326 g/mol. The molecule has 0 atom stereocenters. The maximum atomic E-state index is 12.8. The quantitative estimate of drug-likeness (QED) is 0.916. The number of benzene rings is 1. The van der Waals surface area contributed by atoms with E-state index < -0.39 is 0 Å². The fourth-order valence-corrected chi connectivity index (χ4v) is 3.17. The molecule has 0 spiro atoms. The summed E-state index contributed by atoms with van der Waals surface area (Å²) < 4.78 is 0. The highest BCUT2D eigenvalue weighted by atomic mass is 16.1. The van der Waals surface area contributed by atoms with E-state index in [0.717, 1.165) is 43.2 Å². The molecule has 0 bridgehead atoms. The Morgan fingerprint density at radius 2 is 1.81 bits per heavy atom. The number of para-hydroxylation sites is 1. The topological polar surface area (TPSA) is 61.4 Å². The van der Waals surface area contributed by atoms with Gasteiger partial charge in [0.15, 0.2) is 0 Å². The van der Waals surface area contributed by atoms with Gasteiger partial charge in [0.05, 0.1) is 0 Å². The van der Waals surface area contributed by atoms with Crippen molar-refractivity contribution in [2.75, 3.05) is 43.4 Å². The highest BCUT2D eigenvalue weighted by molar-refractivity contribution is 6.03. The number of rotatable bonds is 4. The average Bonchev–Trinajstić information content (AvgIpc) is 2.62. The molecule has 1 fully saturated rings. The molecule has 2 heterocycles. The minimum absolute atomic E-state index is 0.195. The molecule has 1 N–H and O–H groups in total. The molecule has 0 unspecified atom stereocenters. The van der Waals surface area contributed by atoms with Crippen LogP contribution in [0.3, 0.4) is 0 Å². The number of amides is 1. The molecule has 2 aromatic rings. The number of nitrogens with one attached hydrogen (secondary N) is 1. The van der Waals surface area contributed by atoms with Crippen molar-refractivity contribution in [2.45, 2.75) is 26.7 Å². The second-order valence-electron chi connectivity index (χ2n) is 7.14. The lowest BCUT2D eigenvalue weighted by molar-refractivity contribution is 0.102. The summed E-state index contributed by atoms with van der Waals surface area (Å²) in [7, 11) is 2.12. The Morgan fingerprint density at radius 1 is 1.12 bits per heavy atom. The number of piperazine rings is 1. The number of aromatic nitrogens is 2. The van der Waals surface area contributed by atoms with Crippen LogP contribution >= 0.6 is 0 Å². The Labute approximate surface area is 155 Å². The Bertz CT molecular complexity index is 782. The zero-order chi connectivity index (χ0) is 18.7. The number of likely N-dealkylation sites (N-methyl/N-ethyl adjacent to an activating group) is 1. The Kier molecular flexibility index (Phi) is 5.52. The smallest absolute Gasteiger partial charge is 0.274 e. The normalized spacial score (nSPS) is 15.3. The number of aryl methyl sites for hydroxylation is 1. The molecule has 3 rings (SSSR count). The standard InChI is InChI=1S/C20H27N5O/c1-14(2)16-7-5-6-8-17(16)23-20(26)18-13-19(22-15(3)21-18)25-11-9-24(4)10-12-25/h5-8,13-14H,9-12H2,1-4H3,(H,23,26). The van der Waals surface area contributed by atoms with Crippen LogP contribution in [0.15, 0.2) is 30.3 Å². The van der Waals surface area contributed by atoms with Crippen LogP contribution in [0.4, 0.5) is 11.5 Å². The first-order valence-corrected chi connectivity index (χ1v) is 9.13. The van der Waals surface area contributed by atoms with Gasteiger partial charge < -0.3 is 15.1 Å². The van der Waals surface area contributed by atoms with Crippen molar-refractivity contribution in [3.8, 4) is 0 Å². The minimum Gasteiger partial charge on any atom is -0.354 e. The summed E-state index contributed by atoms with van der Waals surface area (Å²) in [6, 6.07) is 9.70. The molecule has 1 saturated heterocycles. The first-order valence-electron chi connectivity index (χ1n) is 9.13. The van der Waals surface area contributed by atoms with Gasteiger partial charge in [-0.25, -0.2) is 9.97 Å². The number of hydrogen-bond acceptors (Lipinski definition) is 5. The van der Waals surface area contributed by atoms with E-state index in [-0.39, 0.29) is 5.91 Å². The van der Waals surface area contributed by atoms with Gasteiger partial charge in [0.25, 0.3) is 5.91 Å². The first kappa shape index (κ1) is 18.3. The van der Waals surface area contributed by atoms with E-state index in [1.54, 1.807) is 6.07 Å². The fourth-order valence-electron chi connectivity index (χ4n) is 3.17. The van der Waals surface area contributed by atoms with Gasteiger partial charge in [0, 0.05) is 37.9 Å². The van der Waals surface area contributed by atoms with E-state index >= 15 is 0 Å². The van der Waals surface area contributed by atoms with Gasteiger partial charge >= 0.3 is 0 Å². The third-order valence-corrected chi connectivity index (χ3v) is 4.72. The molecule has 6 nitrogen and oxygen atoms in total. The van der Waals surface area contributed by atoms with Crippen molar-refractivity contribution in [2.24, 2.45) is 0 Å². The zero-order valence-corrected chi connectivity index (χ0v) is 16.0. The van der Waals surface area contributed by atoms with Gasteiger partial charge in [-0.1, -0.05) is 32.0 Å². The molecule has 0 aliphatic carbocycles. The molecule has 1 aromatic heterocycles. The maximum Gasteiger partial charge on any atom is 0.274 e. The van der Waals surface area contributed by atoms with Crippen LogP contribution in [0.5, 0.6) is 0 Å². The summed E-state index contributed by atoms with van der Waals surface area (Å²) in [5.74, 6) is 1.58. The van der Waals surface area contributed by atoms with Crippen LogP contribution in [-0.2, 0) is 0 Å². The van der Waals surface area contributed by atoms with Crippen LogP contribution in [-0.4, -0.2) is 54.0 Å². The summed E-state index contributed by atoms with van der Waals surface area (Å²) in [6.07, 6.45) is 0. The fraction of sp³-hybridized carbons (Fsp3) is 0.450. The third kappa shape index (κ3) is 4.19. The summed E-state index contributed by atoms with van der Waals surface area (Å²) in [5, 5.41) is 3.02. The van der Waals surface area contributed by atoms with Gasteiger partial charge in [0.2, 0.25) is 0 Å². The Hall–Kier alpha value is -2.47. The molecule has 1 amide bonds. The lowest BCUT2D eigenvalue weighted by Gasteiger charge is -2.33. The van der Waals surface area contributed by atoms with Crippen molar-refractivity contribution in [3.05, 3.63) is 47.4 Å². The zero-order valence-electron chi connectivity index (χ0n) is 16.0. The van der Waals surface area contributed by atoms with Gasteiger partial charge in [0.1, 0.15) is 17.3 Å². The van der Waals surface area contributed by atoms with Crippen LogP contribution in [0.1, 0.15) is 41.6 Å². The van der Waals surface area contributed by atoms with Crippen molar-refractivity contribution < 1.29 is 4.79 Å². The summed E-state index contributed by atoms with van der Waals surface area (Å²) in [6.45, 7) is 9.86. The van der Waals surface area contributed by atoms with Gasteiger partial charge in [-0.05, 0) is 31.5 Å². The number of hydrogen-bond donors (Lipinski definition) is 1. The molecule has 1 aliphatic heterocycles. The summed E-state index contributed by atoms with van der Waals surface area (Å²) in [4.78, 5) is 26.2. The minimum atomic E-state index is -0.195. The number of anilines is 2. The lowest BCUT2D eigenvalue weighted by Crippen LogP contribution is -2.45. The third-order valence-electron chi connectivity index (χ3n) is 4.72. The predicted molar refractivity (Wildman–Crippen MR) is 105 cm³/mol. The molecule has 6 heteroatoms. The van der Waals surface area contributed by atoms with Gasteiger partial charge in [-0.2, -0.15) is 0 Å².